The first kappa shape index (κ1) is 13.5. The molecule has 4 heteroatoms. The van der Waals surface area contributed by atoms with Gasteiger partial charge in [0.25, 0.3) is 0 Å². The highest BCUT2D eigenvalue weighted by Crippen LogP contribution is 2.21. The molecule has 1 N–H and O–H groups in total. The second-order valence-electron chi connectivity index (χ2n) is 4.70. The fraction of sp³-hybridized carbons (Fsp3) is 0.333. The highest BCUT2D eigenvalue weighted by atomic mass is 16.5. The van der Waals surface area contributed by atoms with Gasteiger partial charge in [0.2, 0.25) is 0 Å². The topological polar surface area (TPSA) is 55.2 Å². The maximum atomic E-state index is 10.2. The second kappa shape index (κ2) is 6.29. The van der Waals surface area contributed by atoms with Crippen molar-refractivity contribution < 1.29 is 9.84 Å². The molecule has 0 amide bonds. The molecule has 100 valence electrons. The molecule has 0 saturated heterocycles. The van der Waals surface area contributed by atoms with E-state index in [9.17, 15) is 5.11 Å². The van der Waals surface area contributed by atoms with Crippen molar-refractivity contribution in [1.82, 2.24) is 9.97 Å². The van der Waals surface area contributed by atoms with Gasteiger partial charge in [-0.1, -0.05) is 6.07 Å². The van der Waals surface area contributed by atoms with E-state index in [4.69, 9.17) is 4.74 Å². The maximum Gasteiger partial charge on any atom is 0.138 e. The van der Waals surface area contributed by atoms with Gasteiger partial charge in [0, 0.05) is 30.6 Å². The van der Waals surface area contributed by atoms with Crippen molar-refractivity contribution in [3.8, 4) is 5.75 Å². The van der Waals surface area contributed by atoms with Gasteiger partial charge in [-0.25, -0.2) is 0 Å². The summed E-state index contributed by atoms with van der Waals surface area (Å²) in [4.78, 5) is 8.14. The standard InChI is InChI=1S/C15H18N2O2/c1-11(2)19-14-7-13(9-17-10-14)15(18)6-12-4-3-5-16-8-12/h3-5,7-11,15,18H,6H2,1-2H3. The van der Waals surface area contributed by atoms with Crippen LogP contribution in [0.3, 0.4) is 0 Å². The van der Waals surface area contributed by atoms with E-state index in [1.165, 1.54) is 0 Å². The number of nitrogens with zero attached hydrogens (tertiary/aromatic N) is 2. The Morgan fingerprint density at radius 2 is 2.05 bits per heavy atom. The molecular weight excluding hydrogens is 240 g/mol. The third-order valence-corrected chi connectivity index (χ3v) is 2.64. The Kier molecular flexibility index (Phi) is 4.47. The highest BCUT2D eigenvalue weighted by molar-refractivity contribution is 5.26. The van der Waals surface area contributed by atoms with Crippen LogP contribution in [0.1, 0.15) is 31.1 Å². The molecule has 0 spiro atoms. The summed E-state index contributed by atoms with van der Waals surface area (Å²) in [6.07, 6.45) is 6.79. The minimum absolute atomic E-state index is 0.0903. The van der Waals surface area contributed by atoms with E-state index in [0.717, 1.165) is 11.1 Å². The summed E-state index contributed by atoms with van der Waals surface area (Å²) in [5.74, 6) is 0.678. The minimum atomic E-state index is -0.604. The predicted molar refractivity (Wildman–Crippen MR) is 72.9 cm³/mol. The molecule has 2 aromatic rings. The zero-order chi connectivity index (χ0) is 13.7. The molecule has 0 saturated carbocycles. The number of ether oxygens (including phenoxy) is 1. The third kappa shape index (κ3) is 4.03. The van der Waals surface area contributed by atoms with Gasteiger partial charge >= 0.3 is 0 Å². The van der Waals surface area contributed by atoms with Crippen molar-refractivity contribution in [2.24, 2.45) is 0 Å². The van der Waals surface area contributed by atoms with Crippen molar-refractivity contribution in [2.45, 2.75) is 32.5 Å². The molecule has 0 radical (unpaired) electrons. The van der Waals surface area contributed by atoms with Crippen LogP contribution in [0.15, 0.2) is 43.0 Å². The zero-order valence-corrected chi connectivity index (χ0v) is 11.2. The van der Waals surface area contributed by atoms with Gasteiger partial charge in [-0.2, -0.15) is 0 Å². The lowest BCUT2D eigenvalue weighted by Gasteiger charge is -2.13. The van der Waals surface area contributed by atoms with Crippen LogP contribution in [0, 0.1) is 0 Å². The number of aliphatic hydroxyl groups excluding tert-OH is 1. The summed E-state index contributed by atoms with van der Waals surface area (Å²) in [5.41, 5.74) is 1.74. The Labute approximate surface area is 113 Å². The van der Waals surface area contributed by atoms with Gasteiger partial charge in [-0.3, -0.25) is 9.97 Å². The average Bonchev–Trinajstić information content (AvgIpc) is 2.39. The lowest BCUT2D eigenvalue weighted by Crippen LogP contribution is -2.07. The Morgan fingerprint density at radius 1 is 1.21 bits per heavy atom. The molecule has 0 aliphatic rings. The van der Waals surface area contributed by atoms with E-state index in [1.54, 1.807) is 24.8 Å². The number of pyridine rings is 2. The first-order valence-corrected chi connectivity index (χ1v) is 6.33. The van der Waals surface area contributed by atoms with E-state index in [2.05, 4.69) is 9.97 Å². The van der Waals surface area contributed by atoms with Crippen LogP contribution in [0.5, 0.6) is 5.75 Å². The maximum absolute atomic E-state index is 10.2. The van der Waals surface area contributed by atoms with Crippen molar-refractivity contribution >= 4 is 0 Å². The van der Waals surface area contributed by atoms with Crippen LogP contribution >= 0.6 is 0 Å². The molecule has 0 aliphatic carbocycles. The van der Waals surface area contributed by atoms with E-state index in [1.807, 2.05) is 32.0 Å². The SMILES string of the molecule is CC(C)Oc1cncc(C(O)Cc2cccnc2)c1. The molecule has 0 bridgehead atoms. The highest BCUT2D eigenvalue weighted by Gasteiger charge is 2.10. The summed E-state index contributed by atoms with van der Waals surface area (Å²) in [7, 11) is 0. The summed E-state index contributed by atoms with van der Waals surface area (Å²) in [6.45, 7) is 3.91. The van der Waals surface area contributed by atoms with Crippen molar-refractivity contribution in [3.05, 3.63) is 54.1 Å². The molecule has 2 aromatic heterocycles. The lowest BCUT2D eigenvalue weighted by atomic mass is 10.0. The summed E-state index contributed by atoms with van der Waals surface area (Å²) >= 11 is 0. The van der Waals surface area contributed by atoms with Crippen molar-refractivity contribution in [2.75, 3.05) is 0 Å². The Bertz CT molecular complexity index is 515. The van der Waals surface area contributed by atoms with Crippen molar-refractivity contribution in [1.29, 1.82) is 0 Å². The monoisotopic (exact) mass is 258 g/mol. The van der Waals surface area contributed by atoms with Gasteiger partial charge in [-0.05, 0) is 31.5 Å². The molecule has 0 fully saturated rings. The van der Waals surface area contributed by atoms with Crippen LogP contribution in [-0.4, -0.2) is 21.2 Å². The molecule has 1 unspecified atom stereocenters. The number of rotatable bonds is 5. The van der Waals surface area contributed by atoms with Gasteiger partial charge < -0.3 is 9.84 Å². The average molecular weight is 258 g/mol. The van der Waals surface area contributed by atoms with Gasteiger partial charge in [0.1, 0.15) is 5.75 Å². The van der Waals surface area contributed by atoms with Crippen LogP contribution in [-0.2, 0) is 6.42 Å². The molecule has 2 rings (SSSR count). The molecule has 19 heavy (non-hydrogen) atoms. The number of aliphatic hydroxyl groups is 1. The number of aromatic nitrogens is 2. The predicted octanol–water partition coefficient (Wildman–Crippen LogP) is 2.54. The van der Waals surface area contributed by atoms with E-state index in [-0.39, 0.29) is 6.10 Å². The molecule has 2 heterocycles. The van der Waals surface area contributed by atoms with Crippen LogP contribution in [0.25, 0.3) is 0 Å². The summed E-state index contributed by atoms with van der Waals surface area (Å²) < 4.78 is 5.57. The lowest BCUT2D eigenvalue weighted by molar-refractivity contribution is 0.176. The second-order valence-corrected chi connectivity index (χ2v) is 4.70. The van der Waals surface area contributed by atoms with E-state index < -0.39 is 6.10 Å². The summed E-state index contributed by atoms with van der Waals surface area (Å²) in [6, 6.07) is 5.63. The largest absolute Gasteiger partial charge is 0.489 e. The number of hydrogen-bond donors (Lipinski definition) is 1. The zero-order valence-electron chi connectivity index (χ0n) is 11.2. The molecule has 1 atom stereocenters. The van der Waals surface area contributed by atoms with Gasteiger partial charge in [0.05, 0.1) is 18.4 Å². The smallest absolute Gasteiger partial charge is 0.138 e. The molecular formula is C15H18N2O2. The van der Waals surface area contributed by atoms with Crippen LogP contribution in [0.4, 0.5) is 0 Å². The first-order chi connectivity index (χ1) is 9.15. The normalized spacial score (nSPS) is 12.4. The quantitative estimate of drug-likeness (QED) is 0.895. The fourth-order valence-electron chi connectivity index (χ4n) is 1.81. The van der Waals surface area contributed by atoms with Crippen LogP contribution in [0.2, 0.25) is 0 Å². The Balaban J connectivity index is 2.08. The minimum Gasteiger partial charge on any atom is -0.489 e. The molecule has 0 aromatic carbocycles. The Morgan fingerprint density at radius 3 is 2.74 bits per heavy atom. The van der Waals surface area contributed by atoms with E-state index >= 15 is 0 Å². The summed E-state index contributed by atoms with van der Waals surface area (Å²) in [5, 5.41) is 10.2. The van der Waals surface area contributed by atoms with Crippen molar-refractivity contribution in [3.63, 3.8) is 0 Å². The number of hydrogen-bond acceptors (Lipinski definition) is 4. The van der Waals surface area contributed by atoms with Gasteiger partial charge in [0.15, 0.2) is 0 Å². The first-order valence-electron chi connectivity index (χ1n) is 6.33. The molecule has 4 nitrogen and oxygen atoms in total. The Hall–Kier alpha value is -1.94. The van der Waals surface area contributed by atoms with E-state index in [0.29, 0.717) is 12.2 Å². The molecule has 0 aliphatic heterocycles. The third-order valence-electron chi connectivity index (χ3n) is 2.64. The van der Waals surface area contributed by atoms with Crippen LogP contribution < -0.4 is 4.74 Å². The fourth-order valence-corrected chi connectivity index (χ4v) is 1.81. The van der Waals surface area contributed by atoms with Gasteiger partial charge in [-0.15, -0.1) is 0 Å².